The van der Waals surface area contributed by atoms with Crippen molar-refractivity contribution in [2.24, 2.45) is 0 Å². The van der Waals surface area contributed by atoms with Crippen molar-refractivity contribution in [2.45, 2.75) is 64.3 Å². The number of benzene rings is 2. The van der Waals surface area contributed by atoms with Crippen molar-refractivity contribution in [3.05, 3.63) is 64.2 Å². The van der Waals surface area contributed by atoms with Gasteiger partial charge in [-0.25, -0.2) is 0 Å². The second kappa shape index (κ2) is 13.1. The molecule has 40 heavy (non-hydrogen) atoms. The Balaban J connectivity index is 2.12. The van der Waals surface area contributed by atoms with Crippen molar-refractivity contribution in [1.29, 1.82) is 0 Å². The first-order valence-electron chi connectivity index (χ1n) is 12.3. The van der Waals surface area contributed by atoms with Crippen LogP contribution in [0.15, 0.2) is 42.5 Å². The third-order valence-electron chi connectivity index (χ3n) is 6.07. The van der Waals surface area contributed by atoms with Gasteiger partial charge in [-0.1, -0.05) is 29.8 Å². The lowest BCUT2D eigenvalue weighted by Gasteiger charge is -2.48. The molecule has 0 amide bonds. The molecule has 1 heterocycles. The zero-order valence-corrected chi connectivity index (χ0v) is 23.4. The van der Waals surface area contributed by atoms with Crippen LogP contribution in [0.5, 0.6) is 5.75 Å². The van der Waals surface area contributed by atoms with E-state index in [4.69, 9.17) is 40.0 Å². The van der Waals surface area contributed by atoms with Gasteiger partial charge in [-0.05, 0) is 41.8 Å². The molecule has 1 N–H and O–H groups in total. The van der Waals surface area contributed by atoms with E-state index in [0.717, 1.165) is 33.3 Å². The van der Waals surface area contributed by atoms with E-state index in [0.29, 0.717) is 22.8 Å². The van der Waals surface area contributed by atoms with Crippen LogP contribution >= 0.6 is 11.6 Å². The minimum atomic E-state index is -2.45. The summed E-state index contributed by atoms with van der Waals surface area (Å²) in [4.78, 5) is 47.8. The molecular weight excluding hydrogens is 548 g/mol. The molecule has 0 saturated carbocycles. The lowest BCUT2D eigenvalue weighted by Crippen LogP contribution is -2.66. The smallest absolute Gasteiger partial charge is 0.303 e. The van der Waals surface area contributed by atoms with E-state index in [9.17, 15) is 24.3 Å². The number of ether oxygens (including phenoxy) is 6. The molecule has 3 rings (SSSR count). The predicted octanol–water partition coefficient (Wildman–Crippen LogP) is 2.84. The Morgan fingerprint density at radius 2 is 1.48 bits per heavy atom. The number of carbonyl (C=O) groups is 4. The average molecular weight is 579 g/mol. The molecule has 1 fully saturated rings. The van der Waals surface area contributed by atoms with Crippen molar-refractivity contribution >= 4 is 35.5 Å². The van der Waals surface area contributed by atoms with E-state index in [2.05, 4.69) is 0 Å². The topological polar surface area (TPSA) is 144 Å². The highest BCUT2D eigenvalue weighted by Crippen LogP contribution is 2.42. The Bertz CT molecular complexity index is 1250. The van der Waals surface area contributed by atoms with E-state index >= 15 is 0 Å². The lowest BCUT2D eigenvalue weighted by atomic mass is 9.86. The first-order chi connectivity index (χ1) is 18.8. The zero-order chi connectivity index (χ0) is 29.6. The first kappa shape index (κ1) is 30.9. The maximum atomic E-state index is 12.2. The Hall–Kier alpha value is -3.67. The predicted molar refractivity (Wildman–Crippen MR) is 139 cm³/mol. The van der Waals surface area contributed by atoms with Gasteiger partial charge >= 0.3 is 23.9 Å². The van der Waals surface area contributed by atoms with E-state index in [1.165, 1.54) is 12.1 Å². The van der Waals surface area contributed by atoms with Crippen LogP contribution in [0.3, 0.4) is 0 Å². The second-order valence-corrected chi connectivity index (χ2v) is 9.57. The minimum absolute atomic E-state index is 0.0953. The second-order valence-electron chi connectivity index (χ2n) is 9.16. The Morgan fingerprint density at radius 1 is 0.875 bits per heavy atom. The number of hydrogen-bond donors (Lipinski definition) is 1. The molecular formula is C28H31ClO11. The van der Waals surface area contributed by atoms with Crippen molar-refractivity contribution in [3.63, 3.8) is 0 Å². The molecule has 2 aromatic rings. The summed E-state index contributed by atoms with van der Waals surface area (Å²) in [5.74, 6) is -4.88. The Morgan fingerprint density at radius 3 is 2.02 bits per heavy atom. The van der Waals surface area contributed by atoms with Crippen molar-refractivity contribution in [1.82, 2.24) is 0 Å². The summed E-state index contributed by atoms with van der Waals surface area (Å²) >= 11 is 6.48. The molecule has 216 valence electrons. The number of methoxy groups -OCH3 is 1. The third-order valence-corrected chi connectivity index (χ3v) is 6.43. The van der Waals surface area contributed by atoms with Crippen LogP contribution in [0, 0.1) is 0 Å². The van der Waals surface area contributed by atoms with Crippen LogP contribution in [0.4, 0.5) is 0 Å². The number of halogens is 1. The van der Waals surface area contributed by atoms with E-state index in [1.807, 2.05) is 12.1 Å². The molecule has 0 aromatic heterocycles. The molecule has 1 saturated heterocycles. The summed E-state index contributed by atoms with van der Waals surface area (Å²) in [6.45, 7) is 3.98. The van der Waals surface area contributed by atoms with Gasteiger partial charge in [0.05, 0.1) is 7.11 Å². The molecule has 0 radical (unpaired) electrons. The quantitative estimate of drug-likeness (QED) is 0.346. The molecule has 0 aliphatic carbocycles. The standard InChI is InChI=1S/C28H31ClO11/c1-15(30)36-14-24-25(37-16(2)31)26(38-17(3)32)27(39-18(4)33)28(34,40-24)21-8-11-23(29)20(13-21)12-19-6-9-22(35-5)10-7-19/h6-11,13,24-27,34H,12,14H2,1-5H3/t24-,25-,26+,27-,28-/m1/s1. The van der Waals surface area contributed by atoms with E-state index in [-0.39, 0.29) is 5.56 Å². The molecule has 2 aromatic carbocycles. The molecule has 1 aliphatic heterocycles. The molecule has 11 nitrogen and oxygen atoms in total. The largest absolute Gasteiger partial charge is 0.497 e. The van der Waals surface area contributed by atoms with E-state index < -0.39 is 60.7 Å². The van der Waals surface area contributed by atoms with Crippen LogP contribution < -0.4 is 4.74 Å². The highest BCUT2D eigenvalue weighted by atomic mass is 35.5. The number of aliphatic hydroxyl groups is 1. The average Bonchev–Trinajstić information content (AvgIpc) is 2.87. The monoisotopic (exact) mass is 578 g/mol. The maximum absolute atomic E-state index is 12.2. The van der Waals surface area contributed by atoms with Gasteiger partial charge in [0.1, 0.15) is 18.5 Å². The van der Waals surface area contributed by atoms with E-state index in [1.54, 1.807) is 25.3 Å². The minimum Gasteiger partial charge on any atom is -0.497 e. The van der Waals surface area contributed by atoms with Gasteiger partial charge in [0.25, 0.3) is 0 Å². The summed E-state index contributed by atoms with van der Waals surface area (Å²) in [6.07, 6.45) is -5.61. The lowest BCUT2D eigenvalue weighted by molar-refractivity contribution is -0.360. The molecule has 12 heteroatoms. The summed E-state index contributed by atoms with van der Waals surface area (Å²) in [5, 5.41) is 12.4. The zero-order valence-electron chi connectivity index (χ0n) is 22.7. The normalized spacial score (nSPS) is 24.0. The first-order valence-corrected chi connectivity index (χ1v) is 12.7. The van der Waals surface area contributed by atoms with Gasteiger partial charge in [-0.15, -0.1) is 0 Å². The van der Waals surface area contributed by atoms with Crippen molar-refractivity contribution in [2.75, 3.05) is 13.7 Å². The maximum Gasteiger partial charge on any atom is 0.303 e. The number of rotatable bonds is 9. The SMILES string of the molecule is COc1ccc(Cc2cc([C@@]3(O)O[C@H](COC(C)=O)[C@@H](OC(C)=O)[C@H](OC(C)=O)[C@H]3OC(C)=O)ccc2Cl)cc1. The van der Waals surface area contributed by atoms with Crippen molar-refractivity contribution < 1.29 is 52.7 Å². The summed E-state index contributed by atoms with van der Waals surface area (Å²) < 4.78 is 32.5. The number of carbonyl (C=O) groups excluding carboxylic acids is 4. The van der Waals surface area contributed by atoms with Gasteiger partial charge in [0.15, 0.2) is 12.2 Å². The van der Waals surface area contributed by atoms with Gasteiger partial charge in [0, 0.05) is 38.3 Å². The van der Waals surface area contributed by atoms with Crippen LogP contribution in [0.25, 0.3) is 0 Å². The van der Waals surface area contributed by atoms with Gasteiger partial charge in [0.2, 0.25) is 11.9 Å². The number of esters is 4. The van der Waals surface area contributed by atoms with Crippen LogP contribution in [0.1, 0.15) is 44.4 Å². The fourth-order valence-electron chi connectivity index (χ4n) is 4.41. The molecule has 0 spiro atoms. The molecule has 0 bridgehead atoms. The molecule has 5 atom stereocenters. The Labute approximate surface area is 236 Å². The molecule has 0 unspecified atom stereocenters. The molecule has 1 aliphatic rings. The van der Waals surface area contributed by atoms with Crippen molar-refractivity contribution in [3.8, 4) is 5.75 Å². The highest BCUT2D eigenvalue weighted by molar-refractivity contribution is 6.31. The van der Waals surface area contributed by atoms with Gasteiger partial charge < -0.3 is 33.5 Å². The van der Waals surface area contributed by atoms with Crippen LogP contribution in [0.2, 0.25) is 5.02 Å². The summed E-state index contributed by atoms with van der Waals surface area (Å²) in [6, 6.07) is 11.8. The van der Waals surface area contributed by atoms with Gasteiger partial charge in [-0.3, -0.25) is 19.2 Å². The van der Waals surface area contributed by atoms with Crippen LogP contribution in [-0.4, -0.2) is 67.1 Å². The third kappa shape index (κ3) is 7.50. The summed E-state index contributed by atoms with van der Waals surface area (Å²) in [7, 11) is 1.56. The van der Waals surface area contributed by atoms with Gasteiger partial charge in [-0.2, -0.15) is 0 Å². The highest BCUT2D eigenvalue weighted by Gasteiger charge is 2.60. The number of hydrogen-bond acceptors (Lipinski definition) is 11. The van der Waals surface area contributed by atoms with Crippen LogP contribution in [-0.2, 0) is 55.1 Å². The Kier molecular flexibility index (Phi) is 10.1. The summed E-state index contributed by atoms with van der Waals surface area (Å²) in [5.41, 5.74) is 1.57. The fraction of sp³-hybridized carbons (Fsp3) is 0.429. The fourth-order valence-corrected chi connectivity index (χ4v) is 4.59.